The Morgan fingerprint density at radius 2 is 2.23 bits per heavy atom. The predicted molar refractivity (Wildman–Crippen MR) is 53.3 cm³/mol. The minimum atomic E-state index is -1.02. The van der Waals surface area contributed by atoms with E-state index in [9.17, 15) is 4.39 Å². The smallest absolute Gasteiger partial charge is 0.137 e. The number of aryl methyl sites for hydroxylation is 1. The third kappa shape index (κ3) is 2.81. The Hall–Kier alpha value is -0.890. The van der Waals surface area contributed by atoms with Gasteiger partial charge >= 0.3 is 0 Å². The largest absolute Gasteiger partial charge is 0.327 e. The van der Waals surface area contributed by atoms with Gasteiger partial charge in [-0.1, -0.05) is 37.6 Å². The van der Waals surface area contributed by atoms with Crippen LogP contribution >= 0.6 is 0 Å². The fourth-order valence-electron chi connectivity index (χ4n) is 1.37. The first-order valence-corrected chi connectivity index (χ1v) is 4.71. The molecule has 0 heterocycles. The molecule has 0 spiro atoms. The molecule has 2 heteroatoms. The van der Waals surface area contributed by atoms with Gasteiger partial charge in [-0.05, 0) is 17.5 Å². The monoisotopic (exact) mass is 181 g/mol. The molecule has 1 aromatic rings. The highest BCUT2D eigenvalue weighted by molar-refractivity contribution is 5.25. The summed E-state index contributed by atoms with van der Waals surface area (Å²) in [7, 11) is 0. The quantitative estimate of drug-likeness (QED) is 0.759. The van der Waals surface area contributed by atoms with Crippen molar-refractivity contribution in [2.75, 3.05) is 6.54 Å². The molecule has 0 fully saturated rings. The number of benzene rings is 1. The average molecular weight is 181 g/mol. The standard InChI is InChI=1S/C11H16FN/c1-2-4-9-5-3-6-10(7-9)11(12)8-13/h3,5-7,11H,2,4,8,13H2,1H3. The van der Waals surface area contributed by atoms with E-state index < -0.39 is 6.17 Å². The highest BCUT2D eigenvalue weighted by Gasteiger charge is 2.06. The first kappa shape index (κ1) is 10.2. The second kappa shape index (κ2) is 4.97. The molecule has 0 aliphatic carbocycles. The van der Waals surface area contributed by atoms with Crippen LogP contribution in [-0.2, 0) is 6.42 Å². The van der Waals surface area contributed by atoms with Gasteiger partial charge in [-0.25, -0.2) is 4.39 Å². The van der Waals surface area contributed by atoms with Crippen molar-refractivity contribution in [2.24, 2.45) is 5.73 Å². The second-order valence-electron chi connectivity index (χ2n) is 3.20. The van der Waals surface area contributed by atoms with Crippen LogP contribution in [0.2, 0.25) is 0 Å². The lowest BCUT2D eigenvalue weighted by molar-refractivity contribution is 0.352. The first-order chi connectivity index (χ1) is 6.27. The van der Waals surface area contributed by atoms with E-state index in [1.165, 1.54) is 5.56 Å². The van der Waals surface area contributed by atoms with Crippen LogP contribution in [0.5, 0.6) is 0 Å². The van der Waals surface area contributed by atoms with E-state index in [1.54, 1.807) is 6.07 Å². The van der Waals surface area contributed by atoms with Crippen molar-refractivity contribution >= 4 is 0 Å². The minimum Gasteiger partial charge on any atom is -0.327 e. The molecule has 0 bridgehead atoms. The summed E-state index contributed by atoms with van der Waals surface area (Å²) in [5.41, 5.74) is 7.15. The van der Waals surface area contributed by atoms with Crippen LogP contribution in [0.3, 0.4) is 0 Å². The molecule has 1 nitrogen and oxygen atoms in total. The van der Waals surface area contributed by atoms with Crippen molar-refractivity contribution in [3.63, 3.8) is 0 Å². The van der Waals surface area contributed by atoms with E-state index in [2.05, 4.69) is 6.92 Å². The van der Waals surface area contributed by atoms with Crippen molar-refractivity contribution in [3.8, 4) is 0 Å². The lowest BCUT2D eigenvalue weighted by Crippen LogP contribution is -2.07. The van der Waals surface area contributed by atoms with Crippen molar-refractivity contribution in [1.82, 2.24) is 0 Å². The molecule has 0 saturated carbocycles. The lowest BCUT2D eigenvalue weighted by atomic mass is 10.0. The molecular formula is C11H16FN. The summed E-state index contributed by atoms with van der Waals surface area (Å²) < 4.78 is 13.2. The summed E-state index contributed by atoms with van der Waals surface area (Å²) in [6, 6.07) is 7.61. The zero-order chi connectivity index (χ0) is 9.68. The van der Waals surface area contributed by atoms with E-state index in [0.29, 0.717) is 5.56 Å². The van der Waals surface area contributed by atoms with E-state index in [0.717, 1.165) is 12.8 Å². The van der Waals surface area contributed by atoms with Crippen LogP contribution < -0.4 is 5.73 Å². The van der Waals surface area contributed by atoms with E-state index in [1.807, 2.05) is 18.2 Å². The summed E-state index contributed by atoms with van der Waals surface area (Å²) >= 11 is 0. The van der Waals surface area contributed by atoms with Gasteiger partial charge in [0.25, 0.3) is 0 Å². The lowest BCUT2D eigenvalue weighted by Gasteiger charge is -2.07. The van der Waals surface area contributed by atoms with Gasteiger partial charge in [-0.2, -0.15) is 0 Å². The Balaban J connectivity index is 2.78. The SMILES string of the molecule is CCCc1cccc(C(F)CN)c1. The molecule has 13 heavy (non-hydrogen) atoms. The Kier molecular flexibility index (Phi) is 3.90. The van der Waals surface area contributed by atoms with E-state index in [-0.39, 0.29) is 6.54 Å². The van der Waals surface area contributed by atoms with Crippen LogP contribution in [-0.4, -0.2) is 6.54 Å². The second-order valence-corrected chi connectivity index (χ2v) is 3.20. The normalized spacial score (nSPS) is 12.8. The van der Waals surface area contributed by atoms with Crippen molar-refractivity contribution < 1.29 is 4.39 Å². The van der Waals surface area contributed by atoms with Crippen LogP contribution in [0.25, 0.3) is 0 Å². The Bertz CT molecular complexity index is 260. The summed E-state index contributed by atoms with van der Waals surface area (Å²) in [5.74, 6) is 0. The predicted octanol–water partition coefficient (Wildman–Crippen LogP) is 2.61. The molecule has 0 saturated heterocycles. The molecule has 1 unspecified atom stereocenters. The Morgan fingerprint density at radius 3 is 2.85 bits per heavy atom. The molecule has 72 valence electrons. The molecule has 1 aromatic carbocycles. The molecule has 0 aromatic heterocycles. The molecular weight excluding hydrogens is 165 g/mol. The number of hydrogen-bond donors (Lipinski definition) is 1. The maximum Gasteiger partial charge on any atom is 0.137 e. The zero-order valence-corrected chi connectivity index (χ0v) is 7.96. The minimum absolute atomic E-state index is 0.0651. The van der Waals surface area contributed by atoms with Crippen molar-refractivity contribution in [1.29, 1.82) is 0 Å². The Morgan fingerprint density at radius 1 is 1.46 bits per heavy atom. The van der Waals surface area contributed by atoms with E-state index >= 15 is 0 Å². The zero-order valence-electron chi connectivity index (χ0n) is 7.96. The van der Waals surface area contributed by atoms with Gasteiger partial charge in [0, 0.05) is 6.54 Å². The Labute approximate surface area is 78.8 Å². The number of nitrogens with two attached hydrogens (primary N) is 1. The molecule has 2 N–H and O–H groups in total. The van der Waals surface area contributed by atoms with Gasteiger partial charge in [-0.15, -0.1) is 0 Å². The first-order valence-electron chi connectivity index (χ1n) is 4.71. The molecule has 0 radical (unpaired) electrons. The third-order valence-electron chi connectivity index (χ3n) is 2.06. The van der Waals surface area contributed by atoms with Crippen LogP contribution in [0.4, 0.5) is 4.39 Å². The topological polar surface area (TPSA) is 26.0 Å². The molecule has 0 aliphatic heterocycles. The van der Waals surface area contributed by atoms with Crippen molar-refractivity contribution in [3.05, 3.63) is 35.4 Å². The van der Waals surface area contributed by atoms with Gasteiger partial charge in [0.1, 0.15) is 6.17 Å². The number of alkyl halides is 1. The summed E-state index contributed by atoms with van der Waals surface area (Å²) in [6.07, 6.45) is 1.07. The van der Waals surface area contributed by atoms with Gasteiger partial charge < -0.3 is 5.73 Å². The van der Waals surface area contributed by atoms with Gasteiger partial charge in [0.05, 0.1) is 0 Å². The van der Waals surface area contributed by atoms with Crippen LogP contribution in [0.1, 0.15) is 30.6 Å². The van der Waals surface area contributed by atoms with Crippen molar-refractivity contribution in [2.45, 2.75) is 25.9 Å². The molecule has 0 amide bonds. The molecule has 1 atom stereocenters. The molecule has 0 aliphatic rings. The third-order valence-corrected chi connectivity index (χ3v) is 2.06. The fraction of sp³-hybridized carbons (Fsp3) is 0.455. The highest BCUT2D eigenvalue weighted by Crippen LogP contribution is 2.17. The number of rotatable bonds is 4. The van der Waals surface area contributed by atoms with Gasteiger partial charge in [0.15, 0.2) is 0 Å². The summed E-state index contributed by atoms with van der Waals surface area (Å²) in [6.45, 7) is 2.18. The average Bonchev–Trinajstić information content (AvgIpc) is 2.18. The van der Waals surface area contributed by atoms with Crippen LogP contribution in [0, 0.1) is 0 Å². The number of hydrogen-bond acceptors (Lipinski definition) is 1. The summed E-state index contributed by atoms with van der Waals surface area (Å²) in [5, 5.41) is 0. The van der Waals surface area contributed by atoms with Crippen LogP contribution in [0.15, 0.2) is 24.3 Å². The maximum absolute atomic E-state index is 13.2. The summed E-state index contributed by atoms with van der Waals surface area (Å²) in [4.78, 5) is 0. The number of halogens is 1. The van der Waals surface area contributed by atoms with E-state index in [4.69, 9.17) is 5.73 Å². The highest BCUT2D eigenvalue weighted by atomic mass is 19.1. The van der Waals surface area contributed by atoms with Gasteiger partial charge in [-0.3, -0.25) is 0 Å². The van der Waals surface area contributed by atoms with Gasteiger partial charge in [0.2, 0.25) is 0 Å². The molecule has 1 rings (SSSR count). The maximum atomic E-state index is 13.2. The fourth-order valence-corrected chi connectivity index (χ4v) is 1.37.